The van der Waals surface area contributed by atoms with Gasteiger partial charge in [0.15, 0.2) is 11.6 Å². The average molecular weight is 285 g/mol. The van der Waals surface area contributed by atoms with E-state index in [2.05, 4.69) is 0 Å². The number of halogens is 2. The van der Waals surface area contributed by atoms with Gasteiger partial charge in [0.05, 0.1) is 0 Å². The number of thioether (sulfide) groups is 1. The minimum atomic E-state index is -0.840. The third-order valence-corrected chi connectivity index (χ3v) is 4.18. The zero-order valence-corrected chi connectivity index (χ0v) is 11.5. The lowest BCUT2D eigenvalue weighted by molar-refractivity contribution is -0.131. The van der Waals surface area contributed by atoms with Crippen LogP contribution in [0.5, 0.6) is 0 Å². The first kappa shape index (κ1) is 14.3. The molecule has 1 aromatic rings. The Balaban J connectivity index is 1.76. The van der Waals surface area contributed by atoms with E-state index < -0.39 is 11.6 Å². The van der Waals surface area contributed by atoms with Crippen LogP contribution >= 0.6 is 11.8 Å². The van der Waals surface area contributed by atoms with Crippen LogP contribution in [0.4, 0.5) is 8.78 Å². The molecule has 0 unspecified atom stereocenters. The second-order valence-electron chi connectivity index (χ2n) is 4.62. The molecule has 1 aliphatic rings. The van der Waals surface area contributed by atoms with Crippen LogP contribution in [0.1, 0.15) is 25.7 Å². The molecule has 0 aromatic heterocycles. The number of amides is 1. The summed E-state index contributed by atoms with van der Waals surface area (Å²) < 4.78 is 25.7. The fraction of sp³-hybridized carbons (Fsp3) is 0.500. The van der Waals surface area contributed by atoms with Crippen molar-refractivity contribution in [2.45, 2.75) is 30.6 Å². The first-order valence-electron chi connectivity index (χ1n) is 6.52. The number of rotatable bonds is 4. The molecule has 19 heavy (non-hydrogen) atoms. The molecule has 0 N–H and O–H groups in total. The van der Waals surface area contributed by atoms with Gasteiger partial charge in [-0.25, -0.2) is 8.78 Å². The molecule has 1 fully saturated rings. The van der Waals surface area contributed by atoms with Crippen LogP contribution in [0.2, 0.25) is 0 Å². The summed E-state index contributed by atoms with van der Waals surface area (Å²) in [7, 11) is 0. The van der Waals surface area contributed by atoms with Gasteiger partial charge in [0.25, 0.3) is 0 Å². The molecule has 0 aliphatic carbocycles. The van der Waals surface area contributed by atoms with E-state index in [1.165, 1.54) is 30.3 Å². The Morgan fingerprint density at radius 2 is 1.89 bits per heavy atom. The lowest BCUT2D eigenvalue weighted by Crippen LogP contribution is -2.35. The van der Waals surface area contributed by atoms with Gasteiger partial charge in [0.1, 0.15) is 0 Å². The molecule has 0 spiro atoms. The normalized spacial score (nSPS) is 15.6. The Labute approximate surface area is 116 Å². The van der Waals surface area contributed by atoms with Crippen molar-refractivity contribution in [2.75, 3.05) is 18.8 Å². The van der Waals surface area contributed by atoms with E-state index in [-0.39, 0.29) is 5.91 Å². The average Bonchev–Trinajstić information content (AvgIpc) is 2.43. The standard InChI is InChI=1S/C14H17F2NOS/c15-12-5-4-11(10-13(12)16)19-9-6-14(18)17-7-2-1-3-8-17/h4-5,10H,1-3,6-9H2. The summed E-state index contributed by atoms with van der Waals surface area (Å²) in [5.41, 5.74) is 0. The highest BCUT2D eigenvalue weighted by Gasteiger charge is 2.15. The maximum atomic E-state index is 13.0. The molecular weight excluding hydrogens is 268 g/mol. The molecule has 1 aliphatic heterocycles. The molecular formula is C14H17F2NOS. The molecule has 0 bridgehead atoms. The number of likely N-dealkylation sites (tertiary alicyclic amines) is 1. The zero-order chi connectivity index (χ0) is 13.7. The van der Waals surface area contributed by atoms with Crippen molar-refractivity contribution in [2.24, 2.45) is 0 Å². The van der Waals surface area contributed by atoms with Crippen molar-refractivity contribution in [1.29, 1.82) is 0 Å². The second kappa shape index (κ2) is 6.89. The van der Waals surface area contributed by atoms with Crippen LogP contribution in [0.3, 0.4) is 0 Å². The van der Waals surface area contributed by atoms with Gasteiger partial charge in [0.2, 0.25) is 5.91 Å². The van der Waals surface area contributed by atoms with Gasteiger partial charge in [-0.2, -0.15) is 0 Å². The van der Waals surface area contributed by atoms with Gasteiger partial charge in [-0.05, 0) is 37.5 Å². The van der Waals surface area contributed by atoms with Crippen molar-refractivity contribution in [3.8, 4) is 0 Å². The SMILES string of the molecule is O=C(CCSc1ccc(F)c(F)c1)N1CCCCC1. The maximum Gasteiger partial charge on any atom is 0.223 e. The molecule has 1 heterocycles. The molecule has 0 saturated carbocycles. The number of piperidine rings is 1. The molecule has 5 heteroatoms. The van der Waals surface area contributed by atoms with Gasteiger partial charge in [-0.15, -0.1) is 11.8 Å². The summed E-state index contributed by atoms with van der Waals surface area (Å²) in [4.78, 5) is 14.4. The molecule has 0 radical (unpaired) electrons. The molecule has 1 aromatic carbocycles. The van der Waals surface area contributed by atoms with E-state index >= 15 is 0 Å². The van der Waals surface area contributed by atoms with Crippen LogP contribution in [0, 0.1) is 11.6 Å². The second-order valence-corrected chi connectivity index (χ2v) is 5.78. The molecule has 2 nitrogen and oxygen atoms in total. The van der Waals surface area contributed by atoms with Crippen molar-refractivity contribution >= 4 is 17.7 Å². The number of hydrogen-bond donors (Lipinski definition) is 0. The summed E-state index contributed by atoms with van der Waals surface area (Å²) in [5, 5.41) is 0. The fourth-order valence-corrected chi connectivity index (χ4v) is 2.99. The summed E-state index contributed by atoms with van der Waals surface area (Å²) >= 11 is 1.38. The Morgan fingerprint density at radius 3 is 2.58 bits per heavy atom. The summed E-state index contributed by atoms with van der Waals surface area (Å²) in [6.07, 6.45) is 3.82. The van der Waals surface area contributed by atoms with Crippen LogP contribution in [0.15, 0.2) is 23.1 Å². The third-order valence-electron chi connectivity index (χ3n) is 3.18. The van der Waals surface area contributed by atoms with Gasteiger partial charge >= 0.3 is 0 Å². The van der Waals surface area contributed by atoms with Gasteiger partial charge < -0.3 is 4.90 Å². The van der Waals surface area contributed by atoms with E-state index in [0.717, 1.165) is 32.0 Å². The van der Waals surface area contributed by atoms with E-state index in [0.29, 0.717) is 17.1 Å². The number of benzene rings is 1. The Bertz CT molecular complexity index is 447. The van der Waals surface area contributed by atoms with Crippen LogP contribution in [0.25, 0.3) is 0 Å². The lowest BCUT2D eigenvalue weighted by Gasteiger charge is -2.26. The minimum absolute atomic E-state index is 0.162. The third kappa shape index (κ3) is 4.20. The maximum absolute atomic E-state index is 13.0. The Hall–Kier alpha value is -1.10. The van der Waals surface area contributed by atoms with E-state index in [9.17, 15) is 13.6 Å². The highest BCUT2D eigenvalue weighted by molar-refractivity contribution is 7.99. The topological polar surface area (TPSA) is 20.3 Å². The molecule has 1 amide bonds. The highest BCUT2D eigenvalue weighted by Crippen LogP contribution is 2.21. The predicted octanol–water partition coefficient (Wildman–Crippen LogP) is 3.46. The van der Waals surface area contributed by atoms with E-state index in [1.807, 2.05) is 4.90 Å². The van der Waals surface area contributed by atoms with Crippen molar-refractivity contribution in [3.63, 3.8) is 0 Å². The van der Waals surface area contributed by atoms with Crippen molar-refractivity contribution < 1.29 is 13.6 Å². The van der Waals surface area contributed by atoms with Crippen LogP contribution in [-0.4, -0.2) is 29.6 Å². The minimum Gasteiger partial charge on any atom is -0.343 e. The predicted molar refractivity (Wildman–Crippen MR) is 72.1 cm³/mol. The quantitative estimate of drug-likeness (QED) is 0.790. The molecule has 0 atom stereocenters. The van der Waals surface area contributed by atoms with Crippen LogP contribution < -0.4 is 0 Å². The van der Waals surface area contributed by atoms with Crippen molar-refractivity contribution in [1.82, 2.24) is 4.90 Å². The van der Waals surface area contributed by atoms with Gasteiger partial charge in [0, 0.05) is 30.2 Å². The largest absolute Gasteiger partial charge is 0.343 e. The fourth-order valence-electron chi connectivity index (χ4n) is 2.12. The number of hydrogen-bond acceptors (Lipinski definition) is 2. The molecule has 1 saturated heterocycles. The number of nitrogens with zero attached hydrogens (tertiary/aromatic N) is 1. The highest BCUT2D eigenvalue weighted by atomic mass is 32.2. The number of carbonyl (C=O) groups is 1. The summed E-state index contributed by atoms with van der Waals surface area (Å²) in [6.45, 7) is 1.71. The summed E-state index contributed by atoms with van der Waals surface area (Å²) in [6, 6.07) is 3.82. The first-order chi connectivity index (χ1) is 9.16. The van der Waals surface area contributed by atoms with Gasteiger partial charge in [-0.1, -0.05) is 0 Å². The smallest absolute Gasteiger partial charge is 0.223 e. The monoisotopic (exact) mass is 285 g/mol. The Morgan fingerprint density at radius 1 is 1.16 bits per heavy atom. The van der Waals surface area contributed by atoms with E-state index in [4.69, 9.17) is 0 Å². The first-order valence-corrected chi connectivity index (χ1v) is 7.51. The molecule has 2 rings (SSSR count). The van der Waals surface area contributed by atoms with Gasteiger partial charge in [-0.3, -0.25) is 4.79 Å². The van der Waals surface area contributed by atoms with Crippen LogP contribution in [-0.2, 0) is 4.79 Å². The van der Waals surface area contributed by atoms with Crippen molar-refractivity contribution in [3.05, 3.63) is 29.8 Å². The summed E-state index contributed by atoms with van der Waals surface area (Å²) in [5.74, 6) is -0.920. The zero-order valence-electron chi connectivity index (χ0n) is 10.7. The Kier molecular flexibility index (Phi) is 5.19. The number of carbonyl (C=O) groups excluding carboxylic acids is 1. The molecule has 104 valence electrons. The van der Waals surface area contributed by atoms with E-state index in [1.54, 1.807) is 0 Å². The lowest BCUT2D eigenvalue weighted by atomic mass is 10.1.